The fourth-order valence-electron chi connectivity index (χ4n) is 2.09. The van der Waals surface area contributed by atoms with E-state index < -0.39 is 4.92 Å². The fourth-order valence-corrected chi connectivity index (χ4v) is 2.09. The van der Waals surface area contributed by atoms with E-state index in [2.05, 4.69) is 4.98 Å². The average molecular weight is 280 g/mol. The van der Waals surface area contributed by atoms with Crippen LogP contribution in [0, 0.1) is 10.1 Å². The summed E-state index contributed by atoms with van der Waals surface area (Å²) in [6.07, 6.45) is 1.51. The molecule has 21 heavy (non-hydrogen) atoms. The second kappa shape index (κ2) is 5.58. The van der Waals surface area contributed by atoms with Crippen molar-refractivity contribution in [2.24, 2.45) is 0 Å². The molecule has 0 atom stereocenters. The predicted octanol–water partition coefficient (Wildman–Crippen LogP) is 3.72. The lowest BCUT2D eigenvalue weighted by Crippen LogP contribution is -1.96. The summed E-state index contributed by atoms with van der Waals surface area (Å²) in [5.41, 5.74) is 1.42. The van der Waals surface area contributed by atoms with Crippen LogP contribution in [0.4, 0.5) is 5.69 Å². The number of para-hydroxylation sites is 1. The second-order valence-electron chi connectivity index (χ2n) is 4.55. The van der Waals surface area contributed by atoms with Gasteiger partial charge in [-0.1, -0.05) is 42.5 Å². The minimum Gasteiger partial charge on any atom is -0.487 e. The van der Waals surface area contributed by atoms with E-state index in [-0.39, 0.29) is 5.69 Å². The number of hydrogen-bond acceptors (Lipinski definition) is 4. The molecule has 1 aromatic heterocycles. The SMILES string of the molecule is O=[N+]([O-])c1cccc2cc(OCc3ccccc3)cnc12. The van der Waals surface area contributed by atoms with Crippen LogP contribution in [-0.4, -0.2) is 9.91 Å². The zero-order valence-electron chi connectivity index (χ0n) is 11.1. The molecule has 0 spiro atoms. The van der Waals surface area contributed by atoms with Gasteiger partial charge in [0.05, 0.1) is 11.1 Å². The van der Waals surface area contributed by atoms with Gasteiger partial charge in [0, 0.05) is 11.5 Å². The van der Waals surface area contributed by atoms with Crippen molar-refractivity contribution in [3.63, 3.8) is 0 Å². The molecule has 5 nitrogen and oxygen atoms in total. The van der Waals surface area contributed by atoms with E-state index in [0.717, 1.165) is 5.56 Å². The molecule has 0 aliphatic rings. The topological polar surface area (TPSA) is 65.3 Å². The Balaban J connectivity index is 1.86. The molecule has 5 heteroatoms. The summed E-state index contributed by atoms with van der Waals surface area (Å²) in [5, 5.41) is 11.6. The first-order valence-electron chi connectivity index (χ1n) is 6.44. The third-order valence-corrected chi connectivity index (χ3v) is 3.11. The second-order valence-corrected chi connectivity index (χ2v) is 4.55. The van der Waals surface area contributed by atoms with Crippen LogP contribution in [0.5, 0.6) is 5.75 Å². The number of aromatic nitrogens is 1. The molecule has 1 heterocycles. The molecule has 0 amide bonds. The van der Waals surface area contributed by atoms with E-state index in [1.165, 1.54) is 12.3 Å². The summed E-state index contributed by atoms with van der Waals surface area (Å²) in [7, 11) is 0. The summed E-state index contributed by atoms with van der Waals surface area (Å²) >= 11 is 0. The Morgan fingerprint density at radius 2 is 1.90 bits per heavy atom. The number of pyridine rings is 1. The van der Waals surface area contributed by atoms with Crippen molar-refractivity contribution in [1.82, 2.24) is 4.98 Å². The molecule has 0 N–H and O–H groups in total. The lowest BCUT2D eigenvalue weighted by Gasteiger charge is -2.07. The molecule has 104 valence electrons. The number of hydrogen-bond donors (Lipinski definition) is 0. The van der Waals surface area contributed by atoms with E-state index in [9.17, 15) is 10.1 Å². The average Bonchev–Trinajstić information content (AvgIpc) is 2.53. The molecule has 0 unspecified atom stereocenters. The number of nitro benzene ring substituents is 1. The smallest absolute Gasteiger partial charge is 0.295 e. The first-order valence-corrected chi connectivity index (χ1v) is 6.44. The van der Waals surface area contributed by atoms with Crippen molar-refractivity contribution in [3.05, 3.63) is 76.5 Å². The standard InChI is InChI=1S/C16H12N2O3/c19-18(20)15-8-4-7-13-9-14(10-17-16(13)15)21-11-12-5-2-1-3-6-12/h1-10H,11H2. The highest BCUT2D eigenvalue weighted by molar-refractivity contribution is 5.87. The molecule has 0 aliphatic carbocycles. The summed E-state index contributed by atoms with van der Waals surface area (Å²) in [6.45, 7) is 0.433. The van der Waals surface area contributed by atoms with Crippen molar-refractivity contribution >= 4 is 16.6 Å². The zero-order valence-corrected chi connectivity index (χ0v) is 11.1. The first-order chi connectivity index (χ1) is 10.2. The van der Waals surface area contributed by atoms with Crippen LogP contribution in [0.1, 0.15) is 5.56 Å². The molecular formula is C16H12N2O3. The third kappa shape index (κ3) is 2.81. The summed E-state index contributed by atoms with van der Waals surface area (Å²) in [6, 6.07) is 16.4. The molecule has 0 radical (unpaired) electrons. The van der Waals surface area contributed by atoms with Gasteiger partial charge < -0.3 is 4.74 Å². The maximum atomic E-state index is 10.9. The van der Waals surface area contributed by atoms with Crippen molar-refractivity contribution < 1.29 is 9.66 Å². The van der Waals surface area contributed by atoms with Gasteiger partial charge in [-0.15, -0.1) is 0 Å². The van der Waals surface area contributed by atoms with Crippen LogP contribution in [0.25, 0.3) is 10.9 Å². The van der Waals surface area contributed by atoms with Gasteiger partial charge in [0.1, 0.15) is 17.9 Å². The maximum absolute atomic E-state index is 10.9. The number of nitrogens with zero attached hydrogens (tertiary/aromatic N) is 2. The van der Waals surface area contributed by atoms with E-state index in [1.807, 2.05) is 30.3 Å². The normalized spacial score (nSPS) is 10.5. The fraction of sp³-hybridized carbons (Fsp3) is 0.0625. The van der Waals surface area contributed by atoms with Crippen LogP contribution in [0.3, 0.4) is 0 Å². The summed E-state index contributed by atoms with van der Waals surface area (Å²) in [5.74, 6) is 0.590. The Bertz CT molecular complexity index is 788. The van der Waals surface area contributed by atoms with Crippen LogP contribution >= 0.6 is 0 Å². The molecule has 0 fully saturated rings. The van der Waals surface area contributed by atoms with Crippen molar-refractivity contribution in [3.8, 4) is 5.75 Å². The number of non-ortho nitro benzene ring substituents is 1. The molecule has 0 aliphatic heterocycles. The van der Waals surface area contributed by atoms with Crippen LogP contribution in [-0.2, 0) is 6.61 Å². The van der Waals surface area contributed by atoms with Gasteiger partial charge in [0.25, 0.3) is 5.69 Å². The Hall–Kier alpha value is -2.95. The Morgan fingerprint density at radius 3 is 2.67 bits per heavy atom. The largest absolute Gasteiger partial charge is 0.487 e. The minimum atomic E-state index is -0.431. The number of fused-ring (bicyclic) bond motifs is 1. The molecule has 3 aromatic rings. The first kappa shape index (κ1) is 13.1. The highest BCUT2D eigenvalue weighted by Crippen LogP contribution is 2.26. The Morgan fingerprint density at radius 1 is 1.10 bits per heavy atom. The van der Waals surface area contributed by atoms with Gasteiger partial charge in [-0.3, -0.25) is 10.1 Å². The monoisotopic (exact) mass is 280 g/mol. The molecule has 0 saturated carbocycles. The minimum absolute atomic E-state index is 0.00195. The van der Waals surface area contributed by atoms with Gasteiger partial charge in [-0.25, -0.2) is 4.98 Å². The summed E-state index contributed by atoms with van der Waals surface area (Å²) < 4.78 is 5.67. The van der Waals surface area contributed by atoms with Gasteiger partial charge >= 0.3 is 0 Å². The molecule has 2 aromatic carbocycles. The summed E-state index contributed by atoms with van der Waals surface area (Å²) in [4.78, 5) is 14.7. The van der Waals surface area contributed by atoms with E-state index in [4.69, 9.17) is 4.74 Å². The number of nitro groups is 1. The van der Waals surface area contributed by atoms with Crippen molar-refractivity contribution in [2.45, 2.75) is 6.61 Å². The molecule has 3 rings (SSSR count). The van der Waals surface area contributed by atoms with Gasteiger partial charge in [0.15, 0.2) is 0 Å². The van der Waals surface area contributed by atoms with Gasteiger partial charge in [-0.05, 0) is 11.6 Å². The maximum Gasteiger partial charge on any atom is 0.295 e. The van der Waals surface area contributed by atoms with Crippen LogP contribution in [0.2, 0.25) is 0 Å². The lowest BCUT2D eigenvalue weighted by molar-refractivity contribution is -0.383. The Labute approximate surface area is 121 Å². The lowest BCUT2D eigenvalue weighted by atomic mass is 10.2. The highest BCUT2D eigenvalue weighted by atomic mass is 16.6. The van der Waals surface area contributed by atoms with Crippen molar-refractivity contribution in [2.75, 3.05) is 0 Å². The van der Waals surface area contributed by atoms with Crippen LogP contribution < -0.4 is 4.74 Å². The zero-order chi connectivity index (χ0) is 14.7. The molecule has 0 bridgehead atoms. The number of rotatable bonds is 4. The van der Waals surface area contributed by atoms with Crippen molar-refractivity contribution in [1.29, 1.82) is 0 Å². The highest BCUT2D eigenvalue weighted by Gasteiger charge is 2.12. The molecular weight excluding hydrogens is 268 g/mol. The van der Waals surface area contributed by atoms with Gasteiger partial charge in [0.2, 0.25) is 0 Å². The quantitative estimate of drug-likeness (QED) is 0.539. The number of benzene rings is 2. The molecule has 0 saturated heterocycles. The predicted molar refractivity (Wildman–Crippen MR) is 79.2 cm³/mol. The van der Waals surface area contributed by atoms with E-state index >= 15 is 0 Å². The van der Waals surface area contributed by atoms with Gasteiger partial charge in [-0.2, -0.15) is 0 Å². The number of ether oxygens (including phenoxy) is 1. The van der Waals surface area contributed by atoms with Crippen LogP contribution in [0.15, 0.2) is 60.8 Å². The third-order valence-electron chi connectivity index (χ3n) is 3.11. The van der Waals surface area contributed by atoms with E-state index in [0.29, 0.717) is 23.3 Å². The Kier molecular flexibility index (Phi) is 3.47. The van der Waals surface area contributed by atoms with E-state index in [1.54, 1.807) is 18.2 Å².